The van der Waals surface area contributed by atoms with Crippen molar-refractivity contribution in [1.82, 2.24) is 0 Å². The van der Waals surface area contributed by atoms with Crippen LogP contribution < -0.4 is 0 Å². The molecule has 0 aliphatic heterocycles. The number of hydrogen-bond acceptors (Lipinski definition) is 2. The average Bonchev–Trinajstić information content (AvgIpc) is 1.99. The highest BCUT2D eigenvalue weighted by atomic mass is 16.5. The molecular formula is C10H20O2. The molecule has 1 aliphatic carbocycles. The van der Waals surface area contributed by atoms with Crippen molar-refractivity contribution in [2.24, 2.45) is 11.8 Å². The Morgan fingerprint density at radius 1 is 1.50 bits per heavy atom. The lowest BCUT2D eigenvalue weighted by atomic mass is 9.73. The average molecular weight is 172 g/mol. The van der Waals surface area contributed by atoms with Crippen LogP contribution in [0.4, 0.5) is 0 Å². The number of ether oxygens (including phenoxy) is 1. The maximum absolute atomic E-state index is 10.1. The predicted octanol–water partition coefficient (Wildman–Crippen LogP) is 1.82. The van der Waals surface area contributed by atoms with E-state index in [4.69, 9.17) is 4.74 Å². The van der Waals surface area contributed by atoms with E-state index in [-0.39, 0.29) is 0 Å². The number of rotatable bonds is 2. The van der Waals surface area contributed by atoms with Crippen LogP contribution in [-0.2, 0) is 4.74 Å². The molecule has 0 spiro atoms. The second-order valence-corrected chi connectivity index (χ2v) is 4.32. The van der Waals surface area contributed by atoms with Crippen molar-refractivity contribution >= 4 is 0 Å². The van der Waals surface area contributed by atoms with Crippen molar-refractivity contribution in [3.05, 3.63) is 0 Å². The minimum Gasteiger partial charge on any atom is -0.387 e. The van der Waals surface area contributed by atoms with Gasteiger partial charge in [-0.2, -0.15) is 0 Å². The summed E-state index contributed by atoms with van der Waals surface area (Å²) < 4.78 is 5.04. The Hall–Kier alpha value is -0.0800. The lowest BCUT2D eigenvalue weighted by molar-refractivity contribution is -0.0983. The minimum atomic E-state index is -0.554. The Bertz CT molecular complexity index is 147. The van der Waals surface area contributed by atoms with E-state index in [0.717, 1.165) is 25.2 Å². The van der Waals surface area contributed by atoms with Crippen LogP contribution in [-0.4, -0.2) is 24.4 Å². The van der Waals surface area contributed by atoms with Gasteiger partial charge in [0.2, 0.25) is 0 Å². The first kappa shape index (κ1) is 10.0. The largest absolute Gasteiger partial charge is 0.387 e. The minimum absolute atomic E-state index is 0.376. The van der Waals surface area contributed by atoms with Crippen LogP contribution in [0.5, 0.6) is 0 Å². The van der Waals surface area contributed by atoms with E-state index in [9.17, 15) is 5.11 Å². The van der Waals surface area contributed by atoms with E-state index in [1.54, 1.807) is 7.11 Å². The fourth-order valence-electron chi connectivity index (χ4n) is 2.15. The molecule has 2 heteroatoms. The first-order valence-electron chi connectivity index (χ1n) is 4.80. The van der Waals surface area contributed by atoms with Crippen LogP contribution in [0.25, 0.3) is 0 Å². The normalized spacial score (nSPS) is 43.0. The van der Waals surface area contributed by atoms with E-state index in [0.29, 0.717) is 12.5 Å². The zero-order valence-electron chi connectivity index (χ0n) is 8.34. The van der Waals surface area contributed by atoms with Gasteiger partial charge in [-0.25, -0.2) is 0 Å². The molecule has 12 heavy (non-hydrogen) atoms. The van der Waals surface area contributed by atoms with E-state index in [1.807, 2.05) is 0 Å². The maximum Gasteiger partial charge on any atom is 0.0905 e. The third-order valence-electron chi connectivity index (χ3n) is 3.14. The molecule has 1 saturated carbocycles. The van der Waals surface area contributed by atoms with Crippen LogP contribution in [0.15, 0.2) is 0 Å². The van der Waals surface area contributed by atoms with Gasteiger partial charge in [-0.15, -0.1) is 0 Å². The van der Waals surface area contributed by atoms with Gasteiger partial charge in [-0.05, 0) is 31.1 Å². The molecule has 3 atom stereocenters. The molecule has 0 heterocycles. The summed E-state index contributed by atoms with van der Waals surface area (Å²) in [5.41, 5.74) is -0.554. The first-order chi connectivity index (χ1) is 5.58. The van der Waals surface area contributed by atoms with Gasteiger partial charge in [-0.3, -0.25) is 0 Å². The van der Waals surface area contributed by atoms with Crippen molar-refractivity contribution < 1.29 is 9.84 Å². The molecule has 1 rings (SSSR count). The van der Waals surface area contributed by atoms with Gasteiger partial charge in [0, 0.05) is 7.11 Å². The zero-order valence-corrected chi connectivity index (χ0v) is 8.34. The summed E-state index contributed by atoms with van der Waals surface area (Å²) in [7, 11) is 1.66. The molecular weight excluding hydrogens is 152 g/mol. The molecule has 2 nitrogen and oxygen atoms in total. The summed E-state index contributed by atoms with van der Waals surface area (Å²) in [6, 6.07) is 0. The topological polar surface area (TPSA) is 29.5 Å². The van der Waals surface area contributed by atoms with Crippen LogP contribution in [0, 0.1) is 11.8 Å². The SMILES string of the molecule is COCC1(O)CCC(C)CC1C. The second kappa shape index (κ2) is 3.75. The van der Waals surface area contributed by atoms with Crippen molar-refractivity contribution in [1.29, 1.82) is 0 Å². The summed E-state index contributed by atoms with van der Waals surface area (Å²) in [6.07, 6.45) is 3.15. The zero-order chi connectivity index (χ0) is 9.19. The van der Waals surface area contributed by atoms with Gasteiger partial charge in [0.1, 0.15) is 0 Å². The quantitative estimate of drug-likeness (QED) is 0.688. The van der Waals surface area contributed by atoms with Crippen LogP contribution in [0.3, 0.4) is 0 Å². The maximum atomic E-state index is 10.1. The highest BCUT2D eigenvalue weighted by molar-refractivity contribution is 4.89. The Morgan fingerprint density at radius 2 is 2.17 bits per heavy atom. The lowest BCUT2D eigenvalue weighted by Gasteiger charge is -2.40. The molecule has 1 aliphatic rings. The smallest absolute Gasteiger partial charge is 0.0905 e. The van der Waals surface area contributed by atoms with Gasteiger partial charge in [0.05, 0.1) is 12.2 Å². The summed E-state index contributed by atoms with van der Waals surface area (Å²) in [5, 5.41) is 10.1. The second-order valence-electron chi connectivity index (χ2n) is 4.32. The van der Waals surface area contributed by atoms with Gasteiger partial charge < -0.3 is 9.84 Å². The Kier molecular flexibility index (Phi) is 3.13. The predicted molar refractivity (Wildman–Crippen MR) is 49.0 cm³/mol. The molecule has 0 radical (unpaired) electrons. The monoisotopic (exact) mass is 172 g/mol. The number of methoxy groups -OCH3 is 1. The first-order valence-corrected chi connectivity index (χ1v) is 4.80. The molecule has 0 aromatic rings. The Morgan fingerprint density at radius 3 is 2.67 bits per heavy atom. The molecule has 1 fully saturated rings. The van der Waals surface area contributed by atoms with Crippen molar-refractivity contribution in [2.45, 2.75) is 38.7 Å². The van der Waals surface area contributed by atoms with E-state index < -0.39 is 5.60 Å². The van der Waals surface area contributed by atoms with Crippen molar-refractivity contribution in [3.63, 3.8) is 0 Å². The summed E-state index contributed by atoms with van der Waals surface area (Å²) in [4.78, 5) is 0. The van der Waals surface area contributed by atoms with E-state index in [1.165, 1.54) is 0 Å². The third-order valence-corrected chi connectivity index (χ3v) is 3.14. The fourth-order valence-corrected chi connectivity index (χ4v) is 2.15. The molecule has 0 aromatic carbocycles. The molecule has 72 valence electrons. The van der Waals surface area contributed by atoms with Gasteiger partial charge in [-0.1, -0.05) is 13.8 Å². The molecule has 0 saturated heterocycles. The molecule has 1 N–H and O–H groups in total. The van der Waals surface area contributed by atoms with E-state index >= 15 is 0 Å². The summed E-state index contributed by atoms with van der Waals surface area (Å²) in [5.74, 6) is 1.14. The third kappa shape index (κ3) is 1.99. The molecule has 3 unspecified atom stereocenters. The molecule has 0 bridgehead atoms. The molecule has 0 amide bonds. The van der Waals surface area contributed by atoms with Gasteiger partial charge >= 0.3 is 0 Å². The van der Waals surface area contributed by atoms with Crippen LogP contribution in [0.1, 0.15) is 33.1 Å². The van der Waals surface area contributed by atoms with Crippen LogP contribution >= 0.6 is 0 Å². The van der Waals surface area contributed by atoms with Gasteiger partial charge in [0.25, 0.3) is 0 Å². The number of aliphatic hydroxyl groups is 1. The highest BCUT2D eigenvalue weighted by Crippen LogP contribution is 2.36. The number of hydrogen-bond donors (Lipinski definition) is 1. The standard InChI is InChI=1S/C10H20O2/c1-8-4-5-10(11,7-12-3)9(2)6-8/h8-9,11H,4-7H2,1-3H3. The van der Waals surface area contributed by atoms with Crippen LogP contribution in [0.2, 0.25) is 0 Å². The molecule has 0 aromatic heterocycles. The van der Waals surface area contributed by atoms with Crippen molar-refractivity contribution in [3.8, 4) is 0 Å². The Balaban J connectivity index is 2.53. The Labute approximate surface area is 74.9 Å². The van der Waals surface area contributed by atoms with Crippen molar-refractivity contribution in [2.75, 3.05) is 13.7 Å². The fraction of sp³-hybridized carbons (Fsp3) is 1.00. The van der Waals surface area contributed by atoms with E-state index in [2.05, 4.69) is 13.8 Å². The highest BCUT2D eigenvalue weighted by Gasteiger charge is 2.38. The summed E-state index contributed by atoms with van der Waals surface area (Å²) in [6.45, 7) is 4.86. The lowest BCUT2D eigenvalue weighted by Crippen LogP contribution is -2.44. The van der Waals surface area contributed by atoms with Gasteiger partial charge in [0.15, 0.2) is 0 Å². The summed E-state index contributed by atoms with van der Waals surface area (Å²) >= 11 is 0.